The van der Waals surface area contributed by atoms with E-state index < -0.39 is 5.82 Å². The van der Waals surface area contributed by atoms with E-state index in [0.717, 1.165) is 18.4 Å². The van der Waals surface area contributed by atoms with Crippen molar-refractivity contribution in [2.24, 2.45) is 0 Å². The molecule has 1 aliphatic heterocycles. The van der Waals surface area contributed by atoms with Crippen LogP contribution in [0, 0.1) is 19.7 Å². The number of ether oxygens (including phenoxy) is 1. The number of hydrogen-bond acceptors (Lipinski definition) is 6. The van der Waals surface area contributed by atoms with Crippen molar-refractivity contribution >= 4 is 23.1 Å². The van der Waals surface area contributed by atoms with Gasteiger partial charge in [0.2, 0.25) is 0 Å². The average Bonchev–Trinajstić information content (AvgIpc) is 3.59. The standard InChI is InChI=1S/C25H24ClFN6O2/c1-14-15(2)29-24-23(19-6-3-17(26)9-20(19)27)30-22(13-32(24)25(14)34)31-7-8-35-21(12-31)16-10-28-33(11-16)18-4-5-18/h3,6,9-11,13,18,21H,4-5,7-8,12H2,1-2H3. The van der Waals surface area contributed by atoms with Gasteiger partial charge in [-0.2, -0.15) is 5.10 Å². The van der Waals surface area contributed by atoms with E-state index in [1.54, 1.807) is 32.2 Å². The number of benzene rings is 1. The number of rotatable bonds is 4. The predicted octanol–water partition coefficient (Wildman–Crippen LogP) is 4.28. The molecule has 1 aromatic carbocycles. The third-order valence-corrected chi connectivity index (χ3v) is 6.99. The highest BCUT2D eigenvalue weighted by atomic mass is 35.5. The Morgan fingerprint density at radius 2 is 2.00 bits per heavy atom. The van der Waals surface area contributed by atoms with E-state index in [9.17, 15) is 9.18 Å². The van der Waals surface area contributed by atoms with Gasteiger partial charge in [-0.05, 0) is 44.9 Å². The summed E-state index contributed by atoms with van der Waals surface area (Å²) in [6, 6.07) is 4.91. The lowest BCUT2D eigenvalue weighted by molar-refractivity contribution is 0.0394. The molecular formula is C25H24ClFN6O2. The maximum atomic E-state index is 15.0. The lowest BCUT2D eigenvalue weighted by Gasteiger charge is -2.33. The van der Waals surface area contributed by atoms with Gasteiger partial charge in [-0.25, -0.2) is 14.4 Å². The molecule has 0 radical (unpaired) electrons. The second-order valence-corrected chi connectivity index (χ2v) is 9.62. The zero-order valence-corrected chi connectivity index (χ0v) is 20.2. The van der Waals surface area contributed by atoms with Gasteiger partial charge in [-0.15, -0.1) is 0 Å². The molecule has 6 rings (SSSR count). The van der Waals surface area contributed by atoms with Crippen molar-refractivity contribution in [3.05, 3.63) is 74.8 Å². The van der Waals surface area contributed by atoms with Crippen LogP contribution in [0.15, 0.2) is 41.6 Å². The molecule has 35 heavy (non-hydrogen) atoms. The number of anilines is 1. The quantitative estimate of drug-likeness (QED) is 0.421. The van der Waals surface area contributed by atoms with Crippen LogP contribution in [0.4, 0.5) is 10.2 Å². The van der Waals surface area contributed by atoms with Gasteiger partial charge in [0, 0.05) is 40.1 Å². The fourth-order valence-electron chi connectivity index (χ4n) is 4.46. The Labute approximate surface area is 205 Å². The molecule has 0 bridgehead atoms. The maximum absolute atomic E-state index is 15.0. The maximum Gasteiger partial charge on any atom is 0.261 e. The molecule has 1 saturated carbocycles. The Balaban J connectivity index is 1.45. The lowest BCUT2D eigenvalue weighted by atomic mass is 10.1. The van der Waals surface area contributed by atoms with Gasteiger partial charge in [-0.1, -0.05) is 11.6 Å². The Morgan fingerprint density at radius 1 is 1.17 bits per heavy atom. The number of aromatic nitrogens is 5. The molecule has 1 unspecified atom stereocenters. The summed E-state index contributed by atoms with van der Waals surface area (Å²) in [5.74, 6) is 0.0285. The van der Waals surface area contributed by atoms with Crippen molar-refractivity contribution in [3.8, 4) is 11.3 Å². The largest absolute Gasteiger partial charge is 0.370 e. The van der Waals surface area contributed by atoms with Crippen LogP contribution in [0.5, 0.6) is 0 Å². The summed E-state index contributed by atoms with van der Waals surface area (Å²) >= 11 is 5.99. The Bertz CT molecular complexity index is 1510. The summed E-state index contributed by atoms with van der Waals surface area (Å²) in [7, 11) is 0. The third-order valence-electron chi connectivity index (χ3n) is 6.76. The third kappa shape index (κ3) is 3.98. The Morgan fingerprint density at radius 3 is 2.77 bits per heavy atom. The minimum absolute atomic E-state index is 0.181. The van der Waals surface area contributed by atoms with E-state index in [2.05, 4.69) is 21.2 Å². The van der Waals surface area contributed by atoms with E-state index in [1.165, 1.54) is 10.5 Å². The minimum Gasteiger partial charge on any atom is -0.370 e. The van der Waals surface area contributed by atoms with Crippen molar-refractivity contribution in [2.45, 2.75) is 38.8 Å². The highest BCUT2D eigenvalue weighted by Gasteiger charge is 2.29. The van der Waals surface area contributed by atoms with E-state index in [1.807, 2.05) is 10.9 Å². The second kappa shape index (κ2) is 8.42. The van der Waals surface area contributed by atoms with Crippen molar-refractivity contribution in [2.75, 3.05) is 24.6 Å². The molecule has 0 N–H and O–H groups in total. The molecule has 1 saturated heterocycles. The van der Waals surface area contributed by atoms with Crippen molar-refractivity contribution in [1.29, 1.82) is 0 Å². The first-order valence-corrected chi connectivity index (χ1v) is 12.0. The zero-order chi connectivity index (χ0) is 24.3. The number of halogens is 2. The van der Waals surface area contributed by atoms with Crippen molar-refractivity contribution in [3.63, 3.8) is 0 Å². The van der Waals surface area contributed by atoms with Gasteiger partial charge in [0.05, 0.1) is 31.6 Å². The van der Waals surface area contributed by atoms with Gasteiger partial charge in [0.25, 0.3) is 5.56 Å². The van der Waals surface area contributed by atoms with E-state index in [0.29, 0.717) is 54.2 Å². The first kappa shape index (κ1) is 22.2. The summed E-state index contributed by atoms with van der Waals surface area (Å²) in [6.07, 6.45) is 7.73. The average molecular weight is 495 g/mol. The van der Waals surface area contributed by atoms with Crippen LogP contribution < -0.4 is 10.5 Å². The summed E-state index contributed by atoms with van der Waals surface area (Å²) in [5, 5.41) is 4.77. The highest BCUT2D eigenvalue weighted by Crippen LogP contribution is 2.35. The van der Waals surface area contributed by atoms with E-state index in [4.69, 9.17) is 21.3 Å². The number of hydrogen-bond donors (Lipinski definition) is 0. The summed E-state index contributed by atoms with van der Waals surface area (Å²) in [5.41, 5.74) is 2.76. The molecule has 2 aliphatic rings. The smallest absolute Gasteiger partial charge is 0.261 e. The fraction of sp³-hybridized carbons (Fsp3) is 0.360. The van der Waals surface area contributed by atoms with Crippen molar-refractivity contribution < 1.29 is 9.13 Å². The topological polar surface area (TPSA) is 77.6 Å². The number of nitrogens with zero attached hydrogens (tertiary/aromatic N) is 6. The van der Waals surface area contributed by atoms with Crippen LogP contribution >= 0.6 is 11.6 Å². The normalized spacial score (nSPS) is 18.4. The SMILES string of the molecule is Cc1nc2c(-c3ccc(Cl)cc3F)nc(N3CCOC(c4cnn(C5CC5)c4)C3)cn2c(=O)c1C. The molecule has 10 heteroatoms. The number of fused-ring (bicyclic) bond motifs is 1. The minimum atomic E-state index is -0.524. The summed E-state index contributed by atoms with van der Waals surface area (Å²) in [4.78, 5) is 24.7. The van der Waals surface area contributed by atoms with Gasteiger partial charge >= 0.3 is 0 Å². The molecule has 4 aromatic rings. The first-order chi connectivity index (χ1) is 16.9. The molecule has 2 fully saturated rings. The molecule has 1 atom stereocenters. The fourth-order valence-corrected chi connectivity index (χ4v) is 4.61. The first-order valence-electron chi connectivity index (χ1n) is 11.7. The highest BCUT2D eigenvalue weighted by molar-refractivity contribution is 6.30. The molecule has 180 valence electrons. The van der Waals surface area contributed by atoms with Gasteiger partial charge in [0.1, 0.15) is 23.4 Å². The van der Waals surface area contributed by atoms with Crippen LogP contribution in [0.3, 0.4) is 0 Å². The predicted molar refractivity (Wildman–Crippen MR) is 131 cm³/mol. The Hall–Kier alpha value is -3.30. The number of aryl methyl sites for hydroxylation is 1. The van der Waals surface area contributed by atoms with E-state index >= 15 is 0 Å². The van der Waals surface area contributed by atoms with Crippen LogP contribution in [-0.2, 0) is 4.74 Å². The molecule has 0 amide bonds. The summed E-state index contributed by atoms with van der Waals surface area (Å²) in [6.45, 7) is 5.11. The van der Waals surface area contributed by atoms with Crippen LogP contribution in [0.25, 0.3) is 16.9 Å². The molecule has 1 aliphatic carbocycles. The zero-order valence-electron chi connectivity index (χ0n) is 19.4. The molecule has 3 aromatic heterocycles. The van der Waals surface area contributed by atoms with Crippen molar-refractivity contribution in [1.82, 2.24) is 24.1 Å². The van der Waals surface area contributed by atoms with Gasteiger partial charge in [0.15, 0.2) is 5.65 Å². The van der Waals surface area contributed by atoms with Crippen LogP contribution in [0.2, 0.25) is 5.02 Å². The van der Waals surface area contributed by atoms with Gasteiger partial charge < -0.3 is 9.64 Å². The van der Waals surface area contributed by atoms with Crippen LogP contribution in [0.1, 0.15) is 41.8 Å². The monoisotopic (exact) mass is 494 g/mol. The van der Waals surface area contributed by atoms with Gasteiger partial charge in [-0.3, -0.25) is 13.9 Å². The molecule has 0 spiro atoms. The molecule has 4 heterocycles. The second-order valence-electron chi connectivity index (χ2n) is 9.18. The number of morpholine rings is 1. The van der Waals surface area contributed by atoms with Crippen LogP contribution in [-0.4, -0.2) is 43.8 Å². The van der Waals surface area contributed by atoms with E-state index in [-0.39, 0.29) is 22.2 Å². The molecular weight excluding hydrogens is 471 g/mol. The summed E-state index contributed by atoms with van der Waals surface area (Å²) < 4.78 is 24.5. The lowest BCUT2D eigenvalue weighted by Crippen LogP contribution is -2.39. The Kier molecular flexibility index (Phi) is 5.34. The molecule has 8 nitrogen and oxygen atoms in total.